The number of esters is 1. The predicted molar refractivity (Wildman–Crippen MR) is 113 cm³/mol. The van der Waals surface area contributed by atoms with Crippen molar-refractivity contribution in [2.75, 3.05) is 13.7 Å². The van der Waals surface area contributed by atoms with Crippen LogP contribution in [0.3, 0.4) is 0 Å². The highest BCUT2D eigenvalue weighted by molar-refractivity contribution is 6.31. The average molecular weight is 414 g/mol. The van der Waals surface area contributed by atoms with Gasteiger partial charge in [0.15, 0.2) is 0 Å². The van der Waals surface area contributed by atoms with Crippen molar-refractivity contribution in [3.63, 3.8) is 0 Å². The van der Waals surface area contributed by atoms with Crippen LogP contribution in [0.1, 0.15) is 28.3 Å². The summed E-state index contributed by atoms with van der Waals surface area (Å²) in [6.07, 6.45) is 0. The molecule has 1 aliphatic heterocycles. The molecule has 0 aromatic heterocycles. The number of ether oxygens (including phenoxy) is 1. The number of carbonyl (C=O) groups excluding carboxylic acids is 2. The number of benzene rings is 2. The summed E-state index contributed by atoms with van der Waals surface area (Å²) < 4.78 is 5.02. The van der Waals surface area contributed by atoms with E-state index in [-0.39, 0.29) is 12.6 Å². The van der Waals surface area contributed by atoms with E-state index in [0.717, 1.165) is 22.3 Å². The van der Waals surface area contributed by atoms with Crippen LogP contribution in [-0.4, -0.2) is 25.7 Å². The zero-order valence-corrected chi connectivity index (χ0v) is 17.4. The standard InChI is InChI=1S/C22H24ClN3O3/c1-13-8-9-14(2)16(10-13)20-19(21(27)29-3)18(25-22(28)26-20)12-24-11-15-6-4-5-7-17(15)23/h4-10,20,24H,11-12H2,1-3H3,(H2,25,26,28). The lowest BCUT2D eigenvalue weighted by atomic mass is 9.91. The zero-order valence-electron chi connectivity index (χ0n) is 16.6. The summed E-state index contributed by atoms with van der Waals surface area (Å²) in [7, 11) is 1.33. The van der Waals surface area contributed by atoms with E-state index in [1.165, 1.54) is 7.11 Å². The summed E-state index contributed by atoms with van der Waals surface area (Å²) in [5, 5.41) is 9.51. The second kappa shape index (κ2) is 9.11. The third-order valence-electron chi connectivity index (χ3n) is 4.88. The number of halogens is 1. The number of methoxy groups -OCH3 is 1. The van der Waals surface area contributed by atoms with Crippen molar-refractivity contribution in [2.24, 2.45) is 0 Å². The molecule has 7 heteroatoms. The van der Waals surface area contributed by atoms with E-state index in [9.17, 15) is 9.59 Å². The third-order valence-corrected chi connectivity index (χ3v) is 5.25. The van der Waals surface area contributed by atoms with Gasteiger partial charge in [-0.1, -0.05) is 53.6 Å². The van der Waals surface area contributed by atoms with Crippen molar-refractivity contribution in [1.29, 1.82) is 0 Å². The molecule has 0 saturated carbocycles. The molecule has 0 fully saturated rings. The quantitative estimate of drug-likeness (QED) is 0.633. The average Bonchev–Trinajstić information content (AvgIpc) is 2.70. The van der Waals surface area contributed by atoms with Crippen LogP contribution in [-0.2, 0) is 16.1 Å². The van der Waals surface area contributed by atoms with E-state index in [1.54, 1.807) is 0 Å². The Morgan fingerprint density at radius 3 is 2.66 bits per heavy atom. The molecule has 1 aliphatic rings. The molecule has 0 aliphatic carbocycles. The van der Waals surface area contributed by atoms with Crippen molar-refractivity contribution >= 4 is 23.6 Å². The highest BCUT2D eigenvalue weighted by atomic mass is 35.5. The fraction of sp³-hybridized carbons (Fsp3) is 0.273. The van der Waals surface area contributed by atoms with Gasteiger partial charge >= 0.3 is 12.0 Å². The maximum atomic E-state index is 12.6. The van der Waals surface area contributed by atoms with Crippen molar-refractivity contribution in [3.05, 3.63) is 81.0 Å². The van der Waals surface area contributed by atoms with Crippen LogP contribution in [0.25, 0.3) is 0 Å². The van der Waals surface area contributed by atoms with Gasteiger partial charge in [0, 0.05) is 23.8 Å². The molecule has 3 rings (SSSR count). The minimum atomic E-state index is -0.590. The monoisotopic (exact) mass is 413 g/mol. The van der Waals surface area contributed by atoms with Gasteiger partial charge in [0.1, 0.15) is 0 Å². The first-order chi connectivity index (χ1) is 13.9. The number of rotatable bonds is 6. The first-order valence-electron chi connectivity index (χ1n) is 9.31. The molecule has 0 spiro atoms. The lowest BCUT2D eigenvalue weighted by Crippen LogP contribution is -2.48. The lowest BCUT2D eigenvalue weighted by molar-refractivity contribution is -0.136. The Labute approximate surface area is 175 Å². The first kappa shape index (κ1) is 20.9. The Morgan fingerprint density at radius 2 is 1.93 bits per heavy atom. The number of urea groups is 1. The number of hydrogen-bond donors (Lipinski definition) is 3. The molecule has 2 aromatic carbocycles. The predicted octanol–water partition coefficient (Wildman–Crippen LogP) is 3.53. The van der Waals surface area contributed by atoms with Gasteiger partial charge in [-0.3, -0.25) is 0 Å². The van der Waals surface area contributed by atoms with Gasteiger partial charge in [-0.05, 0) is 36.6 Å². The van der Waals surface area contributed by atoms with Gasteiger partial charge in [-0.25, -0.2) is 9.59 Å². The summed E-state index contributed by atoms with van der Waals surface area (Å²) in [6.45, 7) is 4.70. The van der Waals surface area contributed by atoms with Crippen LogP contribution < -0.4 is 16.0 Å². The number of amides is 2. The third kappa shape index (κ3) is 4.78. The van der Waals surface area contributed by atoms with E-state index in [4.69, 9.17) is 16.3 Å². The summed E-state index contributed by atoms with van der Waals surface area (Å²) in [5.41, 5.74) is 4.68. The van der Waals surface area contributed by atoms with Crippen molar-refractivity contribution < 1.29 is 14.3 Å². The van der Waals surface area contributed by atoms with E-state index < -0.39 is 12.0 Å². The molecule has 0 radical (unpaired) electrons. The van der Waals surface area contributed by atoms with Crippen LogP contribution in [0.2, 0.25) is 5.02 Å². The molecule has 6 nitrogen and oxygen atoms in total. The van der Waals surface area contributed by atoms with E-state index >= 15 is 0 Å². The fourth-order valence-corrected chi connectivity index (χ4v) is 3.58. The molecule has 1 heterocycles. The Kier molecular flexibility index (Phi) is 6.56. The second-order valence-corrected chi connectivity index (χ2v) is 7.38. The number of nitrogens with one attached hydrogen (secondary N) is 3. The highest BCUT2D eigenvalue weighted by Gasteiger charge is 2.34. The van der Waals surface area contributed by atoms with E-state index in [1.807, 2.05) is 56.3 Å². The number of carbonyl (C=O) groups is 2. The summed E-state index contributed by atoms with van der Waals surface area (Å²) in [5.74, 6) is -0.488. The van der Waals surface area contributed by atoms with Crippen LogP contribution in [0, 0.1) is 13.8 Å². The smallest absolute Gasteiger partial charge is 0.338 e. The normalized spacial score (nSPS) is 16.3. The van der Waals surface area contributed by atoms with Gasteiger partial charge in [0.05, 0.1) is 18.7 Å². The Hall–Kier alpha value is -2.83. The van der Waals surface area contributed by atoms with Gasteiger partial charge < -0.3 is 20.7 Å². The molecule has 0 bridgehead atoms. The van der Waals surface area contributed by atoms with Gasteiger partial charge in [0.2, 0.25) is 0 Å². The Balaban J connectivity index is 1.92. The molecule has 3 N–H and O–H groups in total. The fourth-order valence-electron chi connectivity index (χ4n) is 3.38. The van der Waals surface area contributed by atoms with Crippen LogP contribution in [0.5, 0.6) is 0 Å². The van der Waals surface area contributed by atoms with Gasteiger partial charge in [0.25, 0.3) is 0 Å². The van der Waals surface area contributed by atoms with Crippen molar-refractivity contribution in [1.82, 2.24) is 16.0 Å². The number of aryl methyl sites for hydroxylation is 2. The molecule has 2 aromatic rings. The largest absolute Gasteiger partial charge is 0.466 e. The van der Waals surface area contributed by atoms with Crippen LogP contribution >= 0.6 is 11.6 Å². The second-order valence-electron chi connectivity index (χ2n) is 6.97. The molecule has 2 amide bonds. The van der Waals surface area contributed by atoms with E-state index in [2.05, 4.69) is 16.0 Å². The zero-order chi connectivity index (χ0) is 21.0. The van der Waals surface area contributed by atoms with E-state index in [0.29, 0.717) is 22.8 Å². The Bertz CT molecular complexity index is 972. The molecule has 1 unspecified atom stereocenters. The van der Waals surface area contributed by atoms with Crippen LogP contribution in [0.15, 0.2) is 53.7 Å². The highest BCUT2D eigenvalue weighted by Crippen LogP contribution is 2.30. The summed E-state index contributed by atoms with van der Waals surface area (Å²) in [4.78, 5) is 25.0. The lowest BCUT2D eigenvalue weighted by Gasteiger charge is -2.30. The van der Waals surface area contributed by atoms with Gasteiger partial charge in [-0.2, -0.15) is 0 Å². The minimum absolute atomic E-state index is 0.282. The molecule has 0 saturated heterocycles. The molecule has 1 atom stereocenters. The number of hydrogen-bond acceptors (Lipinski definition) is 4. The molecular formula is C22H24ClN3O3. The van der Waals surface area contributed by atoms with Crippen LogP contribution in [0.4, 0.5) is 4.79 Å². The summed E-state index contributed by atoms with van der Waals surface area (Å²) in [6, 6.07) is 12.5. The maximum absolute atomic E-state index is 12.6. The van der Waals surface area contributed by atoms with Crippen molar-refractivity contribution in [3.8, 4) is 0 Å². The molecule has 29 heavy (non-hydrogen) atoms. The minimum Gasteiger partial charge on any atom is -0.466 e. The summed E-state index contributed by atoms with van der Waals surface area (Å²) >= 11 is 6.20. The Morgan fingerprint density at radius 1 is 1.17 bits per heavy atom. The van der Waals surface area contributed by atoms with Gasteiger partial charge in [-0.15, -0.1) is 0 Å². The SMILES string of the molecule is COC(=O)C1=C(CNCc2ccccc2Cl)NC(=O)NC1c1cc(C)ccc1C. The molecule has 152 valence electrons. The van der Waals surface area contributed by atoms with Crippen molar-refractivity contribution in [2.45, 2.75) is 26.4 Å². The maximum Gasteiger partial charge on any atom is 0.338 e. The molecular weight excluding hydrogens is 390 g/mol. The first-order valence-corrected chi connectivity index (χ1v) is 9.68. The topological polar surface area (TPSA) is 79.5 Å².